The zero-order valence-corrected chi connectivity index (χ0v) is 25.4. The highest BCUT2D eigenvalue weighted by molar-refractivity contribution is 7.80. The molecule has 0 aliphatic carbocycles. The molecule has 6 rings (SSSR count). The highest BCUT2D eigenvalue weighted by atomic mass is 35.5. The highest BCUT2D eigenvalue weighted by Gasteiger charge is 2.42. The van der Waals surface area contributed by atoms with Crippen LogP contribution in [0.25, 0.3) is 5.69 Å². The number of anilines is 1. The number of aromatic nitrogens is 2. The molecule has 1 aliphatic rings. The van der Waals surface area contributed by atoms with Crippen LogP contribution in [0.4, 0.5) is 5.69 Å². The topological polar surface area (TPSA) is 51.6 Å². The van der Waals surface area contributed by atoms with Gasteiger partial charge in [-0.3, -0.25) is 4.98 Å². The lowest BCUT2D eigenvalue weighted by Gasteiger charge is -2.28. The first-order valence-electron chi connectivity index (χ1n) is 13.7. The van der Waals surface area contributed by atoms with E-state index in [-0.39, 0.29) is 12.1 Å². The number of methoxy groups -OCH3 is 1. The summed E-state index contributed by atoms with van der Waals surface area (Å²) in [4.78, 5) is 6.90. The number of benzene rings is 3. The maximum Gasteiger partial charge on any atom is 0.174 e. The molecule has 6 nitrogen and oxygen atoms in total. The molecule has 1 N–H and O–H groups in total. The van der Waals surface area contributed by atoms with Crippen molar-refractivity contribution in [2.24, 2.45) is 0 Å². The first-order chi connectivity index (χ1) is 20.3. The van der Waals surface area contributed by atoms with Gasteiger partial charge in [0.1, 0.15) is 17.2 Å². The second-order valence-corrected chi connectivity index (χ2v) is 11.2. The van der Waals surface area contributed by atoms with E-state index in [4.69, 9.17) is 38.3 Å². The summed E-state index contributed by atoms with van der Waals surface area (Å²) < 4.78 is 13.6. The van der Waals surface area contributed by atoms with E-state index in [2.05, 4.69) is 47.7 Å². The fourth-order valence-corrected chi connectivity index (χ4v) is 6.20. The Morgan fingerprint density at radius 3 is 2.21 bits per heavy atom. The minimum Gasteiger partial charge on any atom is -0.497 e. The third kappa shape index (κ3) is 5.22. The number of pyridine rings is 1. The van der Waals surface area contributed by atoms with Crippen LogP contribution in [0.5, 0.6) is 17.2 Å². The van der Waals surface area contributed by atoms with Crippen LogP contribution in [-0.4, -0.2) is 21.8 Å². The quantitative estimate of drug-likeness (QED) is 0.191. The minimum absolute atomic E-state index is 0.139. The normalized spacial score (nSPS) is 16.4. The summed E-state index contributed by atoms with van der Waals surface area (Å²) in [6.45, 7) is 6.39. The Labute approximate surface area is 256 Å². The summed E-state index contributed by atoms with van der Waals surface area (Å²) in [5.74, 6) is 2.25. The van der Waals surface area contributed by atoms with Crippen LogP contribution in [0.3, 0.4) is 0 Å². The fraction of sp³-hybridized carbons (Fsp3) is 0.176. The Morgan fingerprint density at radius 2 is 1.55 bits per heavy atom. The van der Waals surface area contributed by atoms with Crippen LogP contribution < -0.4 is 19.7 Å². The molecule has 1 aliphatic heterocycles. The van der Waals surface area contributed by atoms with Gasteiger partial charge >= 0.3 is 0 Å². The van der Waals surface area contributed by atoms with Crippen LogP contribution in [0.1, 0.15) is 40.3 Å². The number of halogens is 1. The Hall–Kier alpha value is -4.33. The molecule has 0 amide bonds. The van der Waals surface area contributed by atoms with E-state index in [1.165, 1.54) is 0 Å². The van der Waals surface area contributed by atoms with Crippen LogP contribution in [0, 0.1) is 20.8 Å². The second-order valence-electron chi connectivity index (χ2n) is 10.4. The first-order valence-corrected chi connectivity index (χ1v) is 14.5. The molecule has 2 aromatic heterocycles. The molecule has 0 bridgehead atoms. The molecule has 1 fully saturated rings. The average molecular weight is 595 g/mol. The van der Waals surface area contributed by atoms with Gasteiger partial charge in [0.2, 0.25) is 0 Å². The summed E-state index contributed by atoms with van der Waals surface area (Å²) in [5.41, 5.74) is 7.51. The molecule has 0 spiro atoms. The molecule has 0 saturated carbocycles. The number of nitrogens with one attached hydrogen (secondary N) is 1. The summed E-state index contributed by atoms with van der Waals surface area (Å²) in [7, 11) is 1.65. The van der Waals surface area contributed by atoms with E-state index < -0.39 is 0 Å². The van der Waals surface area contributed by atoms with Gasteiger partial charge in [0, 0.05) is 34.0 Å². The van der Waals surface area contributed by atoms with E-state index in [0.717, 1.165) is 56.8 Å². The summed E-state index contributed by atoms with van der Waals surface area (Å²) in [6.07, 6.45) is 1.82. The van der Waals surface area contributed by atoms with Crippen molar-refractivity contribution in [2.75, 3.05) is 12.0 Å². The molecule has 42 heavy (non-hydrogen) atoms. The Bertz CT molecular complexity index is 1740. The Balaban J connectivity index is 1.40. The van der Waals surface area contributed by atoms with Gasteiger partial charge in [0.25, 0.3) is 0 Å². The fourth-order valence-electron chi connectivity index (χ4n) is 5.68. The molecule has 0 unspecified atom stereocenters. The van der Waals surface area contributed by atoms with Gasteiger partial charge in [0.05, 0.1) is 24.9 Å². The molecule has 8 heteroatoms. The molecular weight excluding hydrogens is 564 g/mol. The van der Waals surface area contributed by atoms with E-state index >= 15 is 0 Å². The zero-order valence-electron chi connectivity index (χ0n) is 23.8. The number of thiocarbonyl (C=S) groups is 1. The largest absolute Gasteiger partial charge is 0.497 e. The molecule has 2 atom stereocenters. The monoisotopic (exact) mass is 594 g/mol. The van der Waals surface area contributed by atoms with Gasteiger partial charge in [0.15, 0.2) is 5.11 Å². The Morgan fingerprint density at radius 1 is 0.857 bits per heavy atom. The van der Waals surface area contributed by atoms with Crippen molar-refractivity contribution in [2.45, 2.75) is 32.9 Å². The second kappa shape index (κ2) is 11.5. The van der Waals surface area contributed by atoms with Gasteiger partial charge < -0.3 is 24.3 Å². The van der Waals surface area contributed by atoms with Crippen molar-refractivity contribution in [3.63, 3.8) is 0 Å². The number of nitrogens with zero attached hydrogens (tertiary/aromatic N) is 3. The van der Waals surface area contributed by atoms with Crippen molar-refractivity contribution in [3.05, 3.63) is 130 Å². The lowest BCUT2D eigenvalue weighted by Crippen LogP contribution is -2.29. The minimum atomic E-state index is -0.150. The van der Waals surface area contributed by atoms with Gasteiger partial charge in [-0.05, 0) is 123 Å². The number of rotatable bonds is 7. The van der Waals surface area contributed by atoms with E-state index in [1.807, 2.05) is 85.1 Å². The molecule has 1 saturated heterocycles. The zero-order chi connectivity index (χ0) is 29.4. The molecule has 3 aromatic carbocycles. The molecule has 5 aromatic rings. The van der Waals surface area contributed by atoms with E-state index in [0.29, 0.717) is 10.1 Å². The first kappa shape index (κ1) is 27.8. The number of hydrogen-bond acceptors (Lipinski definition) is 4. The van der Waals surface area contributed by atoms with Crippen molar-refractivity contribution >= 4 is 34.6 Å². The lowest BCUT2D eigenvalue weighted by atomic mass is 9.96. The molecule has 0 radical (unpaired) electrons. The number of ether oxygens (including phenoxy) is 2. The molecular formula is C34H31ClN4O2S. The summed E-state index contributed by atoms with van der Waals surface area (Å²) in [5, 5.41) is 4.92. The average Bonchev–Trinajstić information content (AvgIpc) is 3.50. The predicted octanol–water partition coefficient (Wildman–Crippen LogP) is 8.43. The SMILES string of the molecule is COc1ccc(Oc2ccc(N3C(=S)N[C@@H](c4ccccn4)[C@@H]3c3cc(C)n(-c4cc(Cl)ccc4C)c3C)cc2)cc1. The summed E-state index contributed by atoms with van der Waals surface area (Å²) >= 11 is 12.4. The van der Waals surface area contributed by atoms with Crippen LogP contribution in [0.2, 0.25) is 5.02 Å². The van der Waals surface area contributed by atoms with Gasteiger partial charge in [-0.1, -0.05) is 23.7 Å². The van der Waals surface area contributed by atoms with Crippen LogP contribution in [0.15, 0.2) is 97.2 Å². The maximum absolute atomic E-state index is 6.44. The van der Waals surface area contributed by atoms with Gasteiger partial charge in [-0.2, -0.15) is 0 Å². The van der Waals surface area contributed by atoms with Crippen molar-refractivity contribution in [1.29, 1.82) is 0 Å². The standard InChI is InChI=1S/C34H31ClN4O2S/c1-21-8-9-24(35)20-31(21)38-22(2)19-29(23(38)3)33-32(30-7-5-6-18-36-30)37-34(42)39(33)25-10-12-27(13-11-25)41-28-16-14-26(40-4)15-17-28/h5-20,32-33H,1-4H3,(H,37,42)/t32-,33-/m0/s1. The van der Waals surface area contributed by atoms with Crippen LogP contribution >= 0.6 is 23.8 Å². The Kier molecular flexibility index (Phi) is 7.62. The molecule has 3 heterocycles. The smallest absolute Gasteiger partial charge is 0.174 e. The third-order valence-corrected chi connectivity index (χ3v) is 8.26. The predicted molar refractivity (Wildman–Crippen MR) is 172 cm³/mol. The van der Waals surface area contributed by atoms with Crippen molar-refractivity contribution < 1.29 is 9.47 Å². The van der Waals surface area contributed by atoms with Crippen molar-refractivity contribution in [3.8, 4) is 22.9 Å². The van der Waals surface area contributed by atoms with Gasteiger partial charge in [-0.25, -0.2) is 0 Å². The third-order valence-electron chi connectivity index (χ3n) is 7.71. The van der Waals surface area contributed by atoms with Crippen molar-refractivity contribution in [1.82, 2.24) is 14.9 Å². The lowest BCUT2D eigenvalue weighted by molar-refractivity contribution is 0.413. The van der Waals surface area contributed by atoms with Gasteiger partial charge in [-0.15, -0.1) is 0 Å². The maximum atomic E-state index is 6.44. The number of hydrogen-bond donors (Lipinski definition) is 1. The summed E-state index contributed by atoms with van der Waals surface area (Å²) in [6, 6.07) is 29.5. The van der Waals surface area contributed by atoms with Crippen LogP contribution in [-0.2, 0) is 0 Å². The van der Waals surface area contributed by atoms with E-state index in [9.17, 15) is 0 Å². The molecule has 212 valence electrons. The highest BCUT2D eigenvalue weighted by Crippen LogP contribution is 2.44. The van der Waals surface area contributed by atoms with E-state index in [1.54, 1.807) is 7.11 Å². The number of aryl methyl sites for hydroxylation is 2.